The molecule has 1 aliphatic heterocycles. The number of carbonyl (C=O) groups is 1. The second-order valence-corrected chi connectivity index (χ2v) is 3.09. The van der Waals surface area contributed by atoms with Crippen molar-refractivity contribution >= 4 is 5.97 Å². The highest BCUT2D eigenvalue weighted by atomic mass is 16.6. The van der Waals surface area contributed by atoms with Gasteiger partial charge in [0.1, 0.15) is 6.10 Å². The second kappa shape index (κ2) is 7.88. The molecule has 7 nitrogen and oxygen atoms in total. The Balaban J connectivity index is 0.000000437. The van der Waals surface area contributed by atoms with Crippen LogP contribution in [0.2, 0.25) is 0 Å². The van der Waals surface area contributed by atoms with Crippen molar-refractivity contribution in [3.63, 3.8) is 0 Å². The lowest BCUT2D eigenvalue weighted by Gasteiger charge is -2.13. The molecule has 0 saturated heterocycles. The molecule has 0 aromatic heterocycles. The van der Waals surface area contributed by atoms with Gasteiger partial charge in [0.25, 0.3) is 0 Å². The second-order valence-electron chi connectivity index (χ2n) is 3.09. The van der Waals surface area contributed by atoms with Gasteiger partial charge in [0, 0.05) is 13.2 Å². The van der Waals surface area contributed by atoms with Gasteiger partial charge in [-0.25, -0.2) is 4.79 Å². The fourth-order valence-electron chi connectivity index (χ4n) is 1.03. The third-order valence-corrected chi connectivity index (χ3v) is 1.88. The fourth-order valence-corrected chi connectivity index (χ4v) is 1.03. The lowest BCUT2D eigenvalue weighted by Crippen LogP contribution is -2.31. The molecule has 0 amide bonds. The maximum Gasteiger partial charge on any atom is 0.377 e. The van der Waals surface area contributed by atoms with Crippen LogP contribution in [0.25, 0.3) is 0 Å². The van der Waals surface area contributed by atoms with Gasteiger partial charge in [-0.15, -0.1) is 0 Å². The summed E-state index contributed by atoms with van der Waals surface area (Å²) >= 11 is 0. The Labute approximate surface area is 98.9 Å². The minimum atomic E-state index is -1.42. The van der Waals surface area contributed by atoms with E-state index in [1.54, 1.807) is 0 Å². The first-order valence-electron chi connectivity index (χ1n) is 5.19. The number of ether oxygens (including phenoxy) is 2. The minimum absolute atomic E-state index is 0.671. The number of aliphatic hydroxyl groups is 4. The molecule has 0 radical (unpaired) electrons. The fraction of sp³-hybridized carbons (Fsp3) is 0.700. The van der Waals surface area contributed by atoms with Crippen LogP contribution in [0.4, 0.5) is 0 Å². The summed E-state index contributed by atoms with van der Waals surface area (Å²) in [6.07, 6.45) is -2.78. The van der Waals surface area contributed by atoms with Crippen LogP contribution in [0.5, 0.6) is 0 Å². The van der Waals surface area contributed by atoms with Crippen LogP contribution in [0, 0.1) is 0 Å². The van der Waals surface area contributed by atoms with Crippen molar-refractivity contribution in [3.05, 3.63) is 11.5 Å². The molecule has 1 heterocycles. The number of cyclic esters (lactones) is 1. The van der Waals surface area contributed by atoms with Crippen molar-refractivity contribution in [1.29, 1.82) is 0 Å². The van der Waals surface area contributed by atoms with Crippen LogP contribution >= 0.6 is 0 Å². The van der Waals surface area contributed by atoms with Gasteiger partial charge >= 0.3 is 5.97 Å². The van der Waals surface area contributed by atoms with Gasteiger partial charge in [-0.05, 0) is 13.8 Å². The molecule has 0 aliphatic carbocycles. The van der Waals surface area contributed by atoms with Gasteiger partial charge in [-0.1, -0.05) is 0 Å². The van der Waals surface area contributed by atoms with E-state index in [0.29, 0.717) is 0 Å². The number of aliphatic hydroxyl groups excluding tert-OH is 4. The summed E-state index contributed by atoms with van der Waals surface area (Å²) in [5, 5.41) is 35.0. The van der Waals surface area contributed by atoms with E-state index in [4.69, 9.17) is 25.2 Å². The summed E-state index contributed by atoms with van der Waals surface area (Å²) in [7, 11) is 0. The van der Waals surface area contributed by atoms with Crippen LogP contribution in [0.3, 0.4) is 0 Å². The molecule has 2 atom stereocenters. The molecule has 0 aromatic rings. The van der Waals surface area contributed by atoms with Gasteiger partial charge in [-0.3, -0.25) is 0 Å². The van der Waals surface area contributed by atoms with E-state index in [0.717, 1.165) is 13.2 Å². The Morgan fingerprint density at radius 2 is 1.88 bits per heavy atom. The lowest BCUT2D eigenvalue weighted by atomic mass is 10.2. The number of hydrogen-bond acceptors (Lipinski definition) is 7. The molecule has 0 spiro atoms. The Bertz CT molecular complexity index is 272. The summed E-state index contributed by atoms with van der Waals surface area (Å²) < 4.78 is 9.15. The minimum Gasteiger partial charge on any atom is -0.505 e. The van der Waals surface area contributed by atoms with Crippen molar-refractivity contribution in [2.75, 3.05) is 19.8 Å². The van der Waals surface area contributed by atoms with Crippen molar-refractivity contribution in [3.8, 4) is 0 Å². The summed E-state index contributed by atoms with van der Waals surface area (Å²) in [5.74, 6) is -2.78. The molecule has 7 heteroatoms. The van der Waals surface area contributed by atoms with E-state index in [2.05, 4.69) is 4.74 Å². The van der Waals surface area contributed by atoms with Crippen LogP contribution in [0.15, 0.2) is 11.5 Å². The van der Waals surface area contributed by atoms with Gasteiger partial charge in [0.05, 0.1) is 6.61 Å². The zero-order valence-corrected chi connectivity index (χ0v) is 9.79. The van der Waals surface area contributed by atoms with Crippen molar-refractivity contribution in [2.24, 2.45) is 0 Å². The van der Waals surface area contributed by atoms with Crippen LogP contribution < -0.4 is 0 Å². The highest BCUT2D eigenvalue weighted by Crippen LogP contribution is 2.20. The molecule has 0 bridgehead atoms. The quantitative estimate of drug-likeness (QED) is 0.503. The standard InChI is InChI=1S/C6H8O6.C4H10O/c7-1-2(8)5-3(9)4(10)6(11)12-5;1-3-5-4-2/h2,5,7-10H,1H2;3-4H2,1-2H3/t2?,5-;/m1./s1. The Morgan fingerprint density at radius 1 is 1.35 bits per heavy atom. The zero-order chi connectivity index (χ0) is 13.4. The monoisotopic (exact) mass is 250 g/mol. The number of esters is 1. The van der Waals surface area contributed by atoms with E-state index < -0.39 is 36.3 Å². The van der Waals surface area contributed by atoms with Crippen molar-refractivity contribution < 1.29 is 34.7 Å². The van der Waals surface area contributed by atoms with E-state index in [9.17, 15) is 4.79 Å². The Hall–Kier alpha value is -1.31. The smallest absolute Gasteiger partial charge is 0.377 e. The van der Waals surface area contributed by atoms with Gasteiger partial charge < -0.3 is 29.9 Å². The topological polar surface area (TPSA) is 116 Å². The third-order valence-electron chi connectivity index (χ3n) is 1.88. The summed E-state index contributed by atoms with van der Waals surface area (Å²) in [5.41, 5.74) is 0. The first-order valence-corrected chi connectivity index (χ1v) is 5.19. The zero-order valence-electron chi connectivity index (χ0n) is 9.79. The Kier molecular flexibility index (Phi) is 7.27. The number of hydrogen-bond donors (Lipinski definition) is 4. The highest BCUT2D eigenvalue weighted by molar-refractivity contribution is 5.89. The van der Waals surface area contributed by atoms with Gasteiger partial charge in [0.2, 0.25) is 5.76 Å². The highest BCUT2D eigenvalue weighted by Gasteiger charge is 2.38. The predicted molar refractivity (Wildman–Crippen MR) is 57.4 cm³/mol. The molecule has 4 N–H and O–H groups in total. The average Bonchev–Trinajstić information content (AvgIpc) is 2.58. The molecular weight excluding hydrogens is 232 g/mol. The van der Waals surface area contributed by atoms with Gasteiger partial charge in [-0.2, -0.15) is 0 Å². The van der Waals surface area contributed by atoms with Gasteiger partial charge in [0.15, 0.2) is 11.9 Å². The average molecular weight is 250 g/mol. The Morgan fingerprint density at radius 3 is 2.12 bits per heavy atom. The summed E-state index contributed by atoms with van der Waals surface area (Å²) in [6, 6.07) is 0. The molecule has 1 rings (SSSR count). The summed E-state index contributed by atoms with van der Waals surface area (Å²) in [4.78, 5) is 10.5. The normalized spacial score (nSPS) is 20.7. The van der Waals surface area contributed by atoms with Crippen LogP contribution in [0.1, 0.15) is 13.8 Å². The molecule has 0 aromatic carbocycles. The maximum atomic E-state index is 10.5. The van der Waals surface area contributed by atoms with Crippen molar-refractivity contribution in [2.45, 2.75) is 26.1 Å². The van der Waals surface area contributed by atoms with E-state index in [-0.39, 0.29) is 0 Å². The van der Waals surface area contributed by atoms with E-state index in [1.165, 1.54) is 0 Å². The SMILES string of the molecule is CCOCC.O=C1O[C@H](C(O)CO)C(O)=C1O. The third kappa shape index (κ3) is 4.59. The van der Waals surface area contributed by atoms with Crippen LogP contribution in [-0.4, -0.2) is 58.4 Å². The molecular formula is C10H18O7. The molecule has 100 valence electrons. The molecule has 1 aliphatic rings. The first kappa shape index (κ1) is 15.7. The lowest BCUT2D eigenvalue weighted by molar-refractivity contribution is -0.147. The van der Waals surface area contributed by atoms with E-state index in [1.807, 2.05) is 13.8 Å². The predicted octanol–water partition coefficient (Wildman–Crippen LogP) is -0.365. The number of rotatable bonds is 4. The first-order chi connectivity index (χ1) is 7.99. The van der Waals surface area contributed by atoms with Crippen LogP contribution in [-0.2, 0) is 14.3 Å². The molecule has 17 heavy (non-hydrogen) atoms. The van der Waals surface area contributed by atoms with Crippen molar-refractivity contribution in [1.82, 2.24) is 0 Å². The molecule has 0 saturated carbocycles. The maximum absolute atomic E-state index is 10.5. The van der Waals surface area contributed by atoms with E-state index >= 15 is 0 Å². The number of carbonyl (C=O) groups excluding carboxylic acids is 1. The molecule has 0 fully saturated rings. The molecule has 1 unspecified atom stereocenters. The largest absolute Gasteiger partial charge is 0.505 e. The summed E-state index contributed by atoms with van der Waals surface area (Å²) in [6.45, 7) is 5.00.